The summed E-state index contributed by atoms with van der Waals surface area (Å²) in [6, 6.07) is 3.69. The molecule has 0 aliphatic carbocycles. The molecule has 0 aromatic heterocycles. The number of sulfonamides is 1. The minimum Gasteiger partial charge on any atom is -0.383 e. The molecule has 0 spiro atoms. The minimum absolute atomic E-state index is 0.00978. The van der Waals surface area contributed by atoms with Crippen molar-refractivity contribution in [2.75, 3.05) is 20.3 Å². The lowest BCUT2D eigenvalue weighted by Gasteiger charge is -2.26. The van der Waals surface area contributed by atoms with Crippen molar-refractivity contribution in [1.82, 2.24) is 4.31 Å². The molecule has 0 heterocycles. The summed E-state index contributed by atoms with van der Waals surface area (Å²) in [5.41, 5.74) is 5.49. The standard InChI is InChI=1S/C13H21FN2O3S/c1-10(2)16(7-8-19-3)20(17,18)13-6-4-5-12(14)11(13)9-15/h4-6,10H,7-9,15H2,1-3H3. The Kier molecular flexibility index (Phi) is 6.07. The topological polar surface area (TPSA) is 72.6 Å². The van der Waals surface area contributed by atoms with E-state index in [9.17, 15) is 12.8 Å². The van der Waals surface area contributed by atoms with Crippen LogP contribution in [-0.4, -0.2) is 39.0 Å². The van der Waals surface area contributed by atoms with Crippen molar-refractivity contribution in [3.8, 4) is 0 Å². The Labute approximate surface area is 119 Å². The van der Waals surface area contributed by atoms with Crippen molar-refractivity contribution in [1.29, 1.82) is 0 Å². The number of ether oxygens (including phenoxy) is 1. The zero-order valence-electron chi connectivity index (χ0n) is 12.0. The monoisotopic (exact) mass is 304 g/mol. The molecule has 0 aliphatic heterocycles. The summed E-state index contributed by atoms with van der Waals surface area (Å²) in [7, 11) is -2.31. The first-order valence-electron chi connectivity index (χ1n) is 6.34. The number of halogens is 1. The predicted octanol–water partition coefficient (Wildman–Crippen LogP) is 1.33. The number of nitrogens with two attached hydrogens (primary N) is 1. The molecular formula is C13H21FN2O3S. The average molecular weight is 304 g/mol. The highest BCUT2D eigenvalue weighted by Crippen LogP contribution is 2.23. The second-order valence-electron chi connectivity index (χ2n) is 4.62. The minimum atomic E-state index is -3.80. The van der Waals surface area contributed by atoms with Gasteiger partial charge in [-0.05, 0) is 26.0 Å². The molecule has 0 saturated carbocycles. The third kappa shape index (κ3) is 3.54. The Balaban J connectivity index is 3.30. The van der Waals surface area contributed by atoms with Gasteiger partial charge in [-0.3, -0.25) is 0 Å². The summed E-state index contributed by atoms with van der Waals surface area (Å²) >= 11 is 0. The van der Waals surface area contributed by atoms with Crippen molar-refractivity contribution in [2.45, 2.75) is 31.3 Å². The van der Waals surface area contributed by atoms with Gasteiger partial charge in [-0.15, -0.1) is 0 Å². The number of rotatable bonds is 7. The molecule has 1 rings (SSSR count). The fourth-order valence-corrected chi connectivity index (χ4v) is 3.81. The molecule has 0 atom stereocenters. The van der Waals surface area contributed by atoms with Gasteiger partial charge in [-0.1, -0.05) is 6.07 Å². The molecule has 114 valence electrons. The average Bonchev–Trinajstić information content (AvgIpc) is 2.38. The molecular weight excluding hydrogens is 283 g/mol. The summed E-state index contributed by atoms with van der Waals surface area (Å²) in [5.74, 6) is -0.607. The summed E-state index contributed by atoms with van der Waals surface area (Å²) < 4.78 is 45.2. The van der Waals surface area contributed by atoms with Crippen LogP contribution in [0.2, 0.25) is 0 Å². The van der Waals surface area contributed by atoms with E-state index in [0.29, 0.717) is 0 Å². The largest absolute Gasteiger partial charge is 0.383 e. The highest BCUT2D eigenvalue weighted by Gasteiger charge is 2.29. The lowest BCUT2D eigenvalue weighted by molar-refractivity contribution is 0.171. The molecule has 1 aromatic carbocycles. The highest BCUT2D eigenvalue weighted by atomic mass is 32.2. The van der Waals surface area contributed by atoms with Crippen molar-refractivity contribution in [3.63, 3.8) is 0 Å². The number of hydrogen-bond acceptors (Lipinski definition) is 4. The van der Waals surface area contributed by atoms with E-state index in [1.807, 2.05) is 0 Å². The van der Waals surface area contributed by atoms with Gasteiger partial charge in [0.25, 0.3) is 0 Å². The second-order valence-corrected chi connectivity index (χ2v) is 6.48. The van der Waals surface area contributed by atoms with E-state index in [4.69, 9.17) is 10.5 Å². The van der Waals surface area contributed by atoms with E-state index in [-0.39, 0.29) is 36.2 Å². The van der Waals surface area contributed by atoms with Crippen LogP contribution in [0.3, 0.4) is 0 Å². The van der Waals surface area contributed by atoms with Crippen molar-refractivity contribution in [3.05, 3.63) is 29.6 Å². The fraction of sp³-hybridized carbons (Fsp3) is 0.538. The van der Waals surface area contributed by atoms with E-state index in [0.717, 1.165) is 0 Å². The van der Waals surface area contributed by atoms with Crippen LogP contribution in [0.25, 0.3) is 0 Å². The molecule has 2 N–H and O–H groups in total. The molecule has 1 aromatic rings. The smallest absolute Gasteiger partial charge is 0.243 e. The van der Waals surface area contributed by atoms with Gasteiger partial charge >= 0.3 is 0 Å². The maximum Gasteiger partial charge on any atom is 0.243 e. The zero-order chi connectivity index (χ0) is 15.3. The van der Waals surface area contributed by atoms with Crippen LogP contribution in [0.4, 0.5) is 4.39 Å². The van der Waals surface area contributed by atoms with Gasteiger partial charge in [-0.2, -0.15) is 4.31 Å². The lowest BCUT2D eigenvalue weighted by Crippen LogP contribution is -2.39. The fourth-order valence-electron chi connectivity index (χ4n) is 1.94. The first-order valence-corrected chi connectivity index (χ1v) is 7.78. The van der Waals surface area contributed by atoms with Crippen LogP contribution in [0.1, 0.15) is 19.4 Å². The molecule has 0 fully saturated rings. The number of methoxy groups -OCH3 is 1. The van der Waals surface area contributed by atoms with E-state index in [1.165, 1.54) is 29.6 Å². The molecule has 20 heavy (non-hydrogen) atoms. The van der Waals surface area contributed by atoms with Crippen LogP contribution in [-0.2, 0) is 21.3 Å². The first-order chi connectivity index (χ1) is 9.36. The molecule has 0 radical (unpaired) electrons. The Morgan fingerprint density at radius 2 is 2.05 bits per heavy atom. The molecule has 0 amide bonds. The summed E-state index contributed by atoms with van der Waals surface area (Å²) in [4.78, 5) is -0.0789. The summed E-state index contributed by atoms with van der Waals surface area (Å²) in [6.07, 6.45) is 0. The second kappa shape index (κ2) is 7.12. The number of nitrogens with zero attached hydrogens (tertiary/aromatic N) is 1. The molecule has 0 bridgehead atoms. The summed E-state index contributed by atoms with van der Waals surface area (Å²) in [5, 5.41) is 0. The molecule has 0 aliphatic rings. The van der Waals surface area contributed by atoms with Crippen LogP contribution in [0.15, 0.2) is 23.1 Å². The molecule has 0 unspecified atom stereocenters. The van der Waals surface area contributed by atoms with Gasteiger partial charge in [-0.25, -0.2) is 12.8 Å². The first kappa shape index (κ1) is 17.0. The molecule has 7 heteroatoms. The van der Waals surface area contributed by atoms with Gasteiger partial charge in [0.1, 0.15) is 5.82 Å². The van der Waals surface area contributed by atoms with E-state index >= 15 is 0 Å². The van der Waals surface area contributed by atoms with Gasteiger partial charge in [0.2, 0.25) is 10.0 Å². The van der Waals surface area contributed by atoms with E-state index < -0.39 is 15.8 Å². The van der Waals surface area contributed by atoms with Crippen LogP contribution in [0.5, 0.6) is 0 Å². The highest BCUT2D eigenvalue weighted by molar-refractivity contribution is 7.89. The third-order valence-corrected chi connectivity index (χ3v) is 5.12. The maximum absolute atomic E-state index is 13.7. The van der Waals surface area contributed by atoms with Gasteiger partial charge in [0.05, 0.1) is 11.5 Å². The Morgan fingerprint density at radius 1 is 1.40 bits per heavy atom. The lowest BCUT2D eigenvalue weighted by atomic mass is 10.2. The normalized spacial score (nSPS) is 12.3. The predicted molar refractivity (Wildman–Crippen MR) is 75.2 cm³/mol. The van der Waals surface area contributed by atoms with Crippen LogP contribution >= 0.6 is 0 Å². The summed E-state index contributed by atoms with van der Waals surface area (Å²) in [6.45, 7) is 3.82. The molecule has 0 saturated heterocycles. The van der Waals surface area contributed by atoms with Gasteiger partial charge in [0, 0.05) is 31.8 Å². The Morgan fingerprint density at radius 3 is 2.55 bits per heavy atom. The zero-order valence-corrected chi connectivity index (χ0v) is 12.8. The Bertz CT molecular complexity index is 547. The van der Waals surface area contributed by atoms with Gasteiger partial charge < -0.3 is 10.5 Å². The SMILES string of the molecule is COCCN(C(C)C)S(=O)(=O)c1cccc(F)c1CN. The van der Waals surface area contributed by atoms with Gasteiger partial charge in [0.15, 0.2) is 0 Å². The van der Waals surface area contributed by atoms with Crippen molar-refractivity contribution < 1.29 is 17.5 Å². The third-order valence-electron chi connectivity index (χ3n) is 2.96. The van der Waals surface area contributed by atoms with Crippen molar-refractivity contribution in [2.24, 2.45) is 5.73 Å². The number of benzene rings is 1. The quantitative estimate of drug-likeness (QED) is 0.825. The van der Waals surface area contributed by atoms with Crippen molar-refractivity contribution >= 4 is 10.0 Å². The Hall–Kier alpha value is -1.02. The van der Waals surface area contributed by atoms with Crippen LogP contribution < -0.4 is 5.73 Å². The number of hydrogen-bond donors (Lipinski definition) is 1. The van der Waals surface area contributed by atoms with Crippen LogP contribution in [0, 0.1) is 5.82 Å². The molecule has 5 nitrogen and oxygen atoms in total. The van der Waals surface area contributed by atoms with E-state index in [2.05, 4.69) is 0 Å². The maximum atomic E-state index is 13.7. The van der Waals surface area contributed by atoms with E-state index in [1.54, 1.807) is 13.8 Å².